The summed E-state index contributed by atoms with van der Waals surface area (Å²) in [5, 5.41) is 7.02. The topological polar surface area (TPSA) is 77.2 Å². The number of hydrogen-bond donors (Lipinski definition) is 1. The maximum absolute atomic E-state index is 12.8. The molecule has 0 fully saturated rings. The van der Waals surface area contributed by atoms with Crippen LogP contribution < -0.4 is 10.1 Å². The largest absolute Gasteiger partial charge is 0.491 e. The van der Waals surface area contributed by atoms with Crippen molar-refractivity contribution in [2.45, 2.75) is 26.4 Å². The summed E-state index contributed by atoms with van der Waals surface area (Å²) in [6, 6.07) is 24.4. The lowest BCUT2D eigenvalue weighted by atomic mass is 10.1. The van der Waals surface area contributed by atoms with E-state index in [0.29, 0.717) is 35.0 Å². The lowest BCUT2D eigenvalue weighted by Gasteiger charge is -2.11. The van der Waals surface area contributed by atoms with Crippen LogP contribution in [0, 0.1) is 0 Å². The van der Waals surface area contributed by atoms with Crippen molar-refractivity contribution in [1.82, 2.24) is 10.1 Å². The van der Waals surface area contributed by atoms with Crippen molar-refractivity contribution in [3.05, 3.63) is 95.8 Å². The highest BCUT2D eigenvalue weighted by atomic mass is 16.5. The molecule has 4 rings (SSSR count). The van der Waals surface area contributed by atoms with E-state index in [0.717, 1.165) is 11.3 Å². The minimum absolute atomic E-state index is 0.0766. The Bertz CT molecular complexity index is 1150. The summed E-state index contributed by atoms with van der Waals surface area (Å²) in [6.45, 7) is 3.92. The number of nitrogens with zero attached hydrogens (tertiary/aromatic N) is 2. The third-order valence-electron chi connectivity index (χ3n) is 4.57. The molecule has 0 aliphatic rings. The minimum atomic E-state index is -0.229. The van der Waals surface area contributed by atoms with E-state index in [-0.39, 0.29) is 12.0 Å². The van der Waals surface area contributed by atoms with Crippen LogP contribution in [0.4, 0.5) is 5.69 Å². The molecule has 6 nitrogen and oxygen atoms in total. The fourth-order valence-corrected chi connectivity index (χ4v) is 3.14. The first-order valence-electron chi connectivity index (χ1n) is 10.1. The molecule has 0 spiro atoms. The van der Waals surface area contributed by atoms with Crippen LogP contribution in [0.25, 0.3) is 11.5 Å². The van der Waals surface area contributed by atoms with Gasteiger partial charge in [-0.15, -0.1) is 0 Å². The van der Waals surface area contributed by atoms with Crippen molar-refractivity contribution in [2.75, 3.05) is 5.32 Å². The van der Waals surface area contributed by atoms with Gasteiger partial charge in [-0.25, -0.2) is 0 Å². The van der Waals surface area contributed by atoms with Crippen LogP contribution in [-0.4, -0.2) is 22.2 Å². The van der Waals surface area contributed by atoms with Gasteiger partial charge in [-0.2, -0.15) is 4.98 Å². The Kier molecular flexibility index (Phi) is 6.08. The number of carbonyl (C=O) groups excluding carboxylic acids is 1. The zero-order chi connectivity index (χ0) is 21.6. The molecule has 1 heterocycles. The van der Waals surface area contributed by atoms with Gasteiger partial charge in [0.25, 0.3) is 11.8 Å². The van der Waals surface area contributed by atoms with Crippen molar-refractivity contribution >= 4 is 11.6 Å². The number of ether oxygens (including phenoxy) is 1. The van der Waals surface area contributed by atoms with Crippen LogP contribution in [0.15, 0.2) is 83.4 Å². The Morgan fingerprint density at radius 3 is 2.42 bits per heavy atom. The molecule has 0 bridgehead atoms. The van der Waals surface area contributed by atoms with Gasteiger partial charge in [0.05, 0.1) is 17.4 Å². The zero-order valence-electron chi connectivity index (χ0n) is 17.4. The normalized spacial score (nSPS) is 10.8. The van der Waals surface area contributed by atoms with Gasteiger partial charge in [0.15, 0.2) is 5.82 Å². The van der Waals surface area contributed by atoms with Gasteiger partial charge in [-0.05, 0) is 55.8 Å². The maximum atomic E-state index is 12.8. The van der Waals surface area contributed by atoms with Gasteiger partial charge in [0.1, 0.15) is 5.75 Å². The first-order chi connectivity index (χ1) is 15.1. The number of para-hydroxylation sites is 1. The van der Waals surface area contributed by atoms with Crippen molar-refractivity contribution in [2.24, 2.45) is 0 Å². The summed E-state index contributed by atoms with van der Waals surface area (Å²) in [4.78, 5) is 17.3. The predicted molar refractivity (Wildman–Crippen MR) is 119 cm³/mol. The third kappa shape index (κ3) is 5.17. The third-order valence-corrected chi connectivity index (χ3v) is 4.57. The number of amides is 1. The Morgan fingerprint density at radius 2 is 1.68 bits per heavy atom. The minimum Gasteiger partial charge on any atom is -0.491 e. The van der Waals surface area contributed by atoms with Crippen LogP contribution in [0.2, 0.25) is 0 Å². The van der Waals surface area contributed by atoms with E-state index in [1.165, 1.54) is 0 Å². The first kappa shape index (κ1) is 20.3. The average Bonchev–Trinajstić information content (AvgIpc) is 3.23. The molecule has 156 valence electrons. The molecule has 3 aromatic carbocycles. The van der Waals surface area contributed by atoms with Crippen molar-refractivity contribution in [3.8, 4) is 17.2 Å². The van der Waals surface area contributed by atoms with E-state index in [1.54, 1.807) is 24.3 Å². The van der Waals surface area contributed by atoms with E-state index >= 15 is 0 Å². The zero-order valence-corrected chi connectivity index (χ0v) is 17.4. The highest BCUT2D eigenvalue weighted by Crippen LogP contribution is 2.27. The number of nitrogens with one attached hydrogen (secondary N) is 1. The molecule has 0 aliphatic heterocycles. The fraction of sp³-hybridized carbons (Fsp3) is 0.160. The molecule has 0 radical (unpaired) electrons. The number of rotatable bonds is 7. The van der Waals surface area contributed by atoms with Crippen LogP contribution in [0.5, 0.6) is 5.75 Å². The van der Waals surface area contributed by atoms with E-state index in [2.05, 4.69) is 15.5 Å². The smallest absolute Gasteiger partial charge is 0.260 e. The SMILES string of the molecule is CC(C)Oc1ccc(C(=O)Nc2ccccc2-c2nc(Cc3ccccc3)no2)cc1. The summed E-state index contributed by atoms with van der Waals surface area (Å²) in [7, 11) is 0. The van der Waals surface area contributed by atoms with Crippen LogP contribution in [0.1, 0.15) is 35.6 Å². The summed E-state index contributed by atoms with van der Waals surface area (Å²) in [5.41, 5.74) is 2.90. The van der Waals surface area contributed by atoms with Gasteiger partial charge in [-0.3, -0.25) is 4.79 Å². The Morgan fingerprint density at radius 1 is 0.968 bits per heavy atom. The Hall–Kier alpha value is -3.93. The molecule has 0 saturated carbocycles. The number of anilines is 1. The van der Waals surface area contributed by atoms with E-state index in [4.69, 9.17) is 9.26 Å². The fourth-order valence-electron chi connectivity index (χ4n) is 3.14. The Labute approximate surface area is 180 Å². The second-order valence-electron chi connectivity index (χ2n) is 7.37. The van der Waals surface area contributed by atoms with Crippen molar-refractivity contribution < 1.29 is 14.1 Å². The molecule has 0 atom stereocenters. The molecule has 4 aromatic rings. The molecule has 1 amide bonds. The summed E-state index contributed by atoms with van der Waals surface area (Å²) >= 11 is 0. The second kappa shape index (κ2) is 9.26. The number of benzene rings is 3. The highest BCUT2D eigenvalue weighted by Gasteiger charge is 2.15. The predicted octanol–water partition coefficient (Wildman–Crippen LogP) is 5.37. The lowest BCUT2D eigenvalue weighted by molar-refractivity contribution is 0.102. The van der Waals surface area contributed by atoms with E-state index in [9.17, 15) is 4.79 Å². The van der Waals surface area contributed by atoms with Crippen LogP contribution in [-0.2, 0) is 6.42 Å². The maximum Gasteiger partial charge on any atom is 0.260 e. The molecular weight excluding hydrogens is 390 g/mol. The summed E-state index contributed by atoms with van der Waals surface area (Å²) in [5.74, 6) is 1.45. The van der Waals surface area contributed by atoms with E-state index < -0.39 is 0 Å². The summed E-state index contributed by atoms with van der Waals surface area (Å²) < 4.78 is 11.1. The average molecular weight is 413 g/mol. The van der Waals surface area contributed by atoms with Crippen molar-refractivity contribution in [1.29, 1.82) is 0 Å². The summed E-state index contributed by atoms with van der Waals surface area (Å²) in [6.07, 6.45) is 0.650. The van der Waals surface area contributed by atoms with Gasteiger partial charge < -0.3 is 14.6 Å². The molecular formula is C25H23N3O3. The second-order valence-corrected chi connectivity index (χ2v) is 7.37. The monoisotopic (exact) mass is 413 g/mol. The first-order valence-corrected chi connectivity index (χ1v) is 10.1. The lowest BCUT2D eigenvalue weighted by Crippen LogP contribution is -2.13. The van der Waals surface area contributed by atoms with Crippen LogP contribution >= 0.6 is 0 Å². The van der Waals surface area contributed by atoms with E-state index in [1.807, 2.05) is 68.4 Å². The quantitative estimate of drug-likeness (QED) is 0.441. The van der Waals surface area contributed by atoms with Gasteiger partial charge in [0, 0.05) is 12.0 Å². The molecule has 1 N–H and O–H groups in total. The molecule has 31 heavy (non-hydrogen) atoms. The molecule has 0 unspecified atom stereocenters. The number of hydrogen-bond acceptors (Lipinski definition) is 5. The van der Waals surface area contributed by atoms with Gasteiger partial charge >= 0.3 is 0 Å². The molecule has 6 heteroatoms. The molecule has 1 aromatic heterocycles. The van der Waals surface area contributed by atoms with Crippen LogP contribution in [0.3, 0.4) is 0 Å². The molecule has 0 aliphatic carbocycles. The molecule has 0 saturated heterocycles. The Balaban J connectivity index is 1.50. The van der Waals surface area contributed by atoms with Gasteiger partial charge in [-0.1, -0.05) is 47.6 Å². The number of carbonyl (C=O) groups is 1. The number of aromatic nitrogens is 2. The standard InChI is InChI=1S/C25H23N3O3/c1-17(2)30-20-14-12-19(13-15-20)24(29)26-22-11-7-6-10-21(22)25-27-23(28-31-25)16-18-8-4-3-5-9-18/h3-15,17H,16H2,1-2H3,(H,26,29). The van der Waals surface area contributed by atoms with Crippen molar-refractivity contribution in [3.63, 3.8) is 0 Å². The highest BCUT2D eigenvalue weighted by molar-refractivity contribution is 6.06. The van der Waals surface area contributed by atoms with Gasteiger partial charge in [0.2, 0.25) is 0 Å².